The monoisotopic (exact) mass is 270 g/mol. The summed E-state index contributed by atoms with van der Waals surface area (Å²) in [4.78, 5) is 10.8. The first-order chi connectivity index (χ1) is 9.39. The summed E-state index contributed by atoms with van der Waals surface area (Å²) >= 11 is 0. The van der Waals surface area contributed by atoms with Crippen molar-refractivity contribution in [1.29, 1.82) is 0 Å². The number of carboxylic acids is 1. The summed E-state index contributed by atoms with van der Waals surface area (Å²) in [5.74, 6) is -0.716. The number of fused-ring (bicyclic) bond motifs is 1. The molecule has 0 spiro atoms. The smallest absolute Gasteiger partial charge is 0.303 e. The second-order valence-corrected chi connectivity index (χ2v) is 6.32. The van der Waals surface area contributed by atoms with Crippen molar-refractivity contribution >= 4 is 16.7 Å². The highest BCUT2D eigenvalue weighted by Crippen LogP contribution is 2.32. The highest BCUT2D eigenvalue weighted by atomic mass is 16.4. The van der Waals surface area contributed by atoms with Gasteiger partial charge in [0.1, 0.15) is 0 Å². The molecule has 0 saturated carbocycles. The summed E-state index contributed by atoms with van der Waals surface area (Å²) in [7, 11) is 0. The van der Waals surface area contributed by atoms with E-state index in [2.05, 4.69) is 57.2 Å². The quantitative estimate of drug-likeness (QED) is 0.863. The Labute approximate surface area is 120 Å². The van der Waals surface area contributed by atoms with Gasteiger partial charge in [-0.05, 0) is 47.1 Å². The largest absolute Gasteiger partial charge is 0.481 e. The molecule has 0 atom stereocenters. The lowest BCUT2D eigenvalue weighted by molar-refractivity contribution is -0.137. The Kier molecular flexibility index (Phi) is 4.12. The van der Waals surface area contributed by atoms with Crippen LogP contribution in [0.15, 0.2) is 36.4 Å². The lowest BCUT2D eigenvalue weighted by atomic mass is 9.80. The first-order valence-electron chi connectivity index (χ1n) is 7.08. The molecule has 1 N–H and O–H groups in total. The molecular formula is C18H22O2. The third-order valence-electron chi connectivity index (χ3n) is 3.88. The average Bonchev–Trinajstić information content (AvgIpc) is 2.36. The molecule has 0 aliphatic rings. The van der Waals surface area contributed by atoms with E-state index in [0.717, 1.165) is 6.42 Å². The third-order valence-corrected chi connectivity index (χ3v) is 3.88. The van der Waals surface area contributed by atoms with E-state index < -0.39 is 5.97 Å². The second-order valence-electron chi connectivity index (χ2n) is 6.32. The van der Waals surface area contributed by atoms with Crippen LogP contribution < -0.4 is 0 Å². The number of carbonyl (C=O) groups is 1. The van der Waals surface area contributed by atoms with Crippen LogP contribution in [0.1, 0.15) is 37.8 Å². The van der Waals surface area contributed by atoms with Crippen LogP contribution >= 0.6 is 0 Å². The van der Waals surface area contributed by atoms with Gasteiger partial charge in [-0.3, -0.25) is 4.79 Å². The molecule has 2 aromatic carbocycles. The summed E-state index contributed by atoms with van der Waals surface area (Å²) < 4.78 is 0. The number of aliphatic carboxylic acids is 1. The Morgan fingerprint density at radius 3 is 2.45 bits per heavy atom. The minimum Gasteiger partial charge on any atom is -0.481 e. The molecule has 0 saturated heterocycles. The molecule has 2 aromatic rings. The fourth-order valence-corrected chi connectivity index (χ4v) is 2.82. The minimum atomic E-state index is -0.716. The van der Waals surface area contributed by atoms with Gasteiger partial charge in [0.05, 0.1) is 0 Å². The molecule has 2 nitrogen and oxygen atoms in total. The van der Waals surface area contributed by atoms with Gasteiger partial charge in [-0.25, -0.2) is 0 Å². The van der Waals surface area contributed by atoms with Gasteiger partial charge in [0, 0.05) is 6.42 Å². The summed E-state index contributed by atoms with van der Waals surface area (Å²) in [6.07, 6.45) is 1.84. The molecule has 0 aliphatic heterocycles. The van der Waals surface area contributed by atoms with Crippen LogP contribution in [-0.4, -0.2) is 11.1 Å². The van der Waals surface area contributed by atoms with Crippen LogP contribution in [0.2, 0.25) is 0 Å². The van der Waals surface area contributed by atoms with Gasteiger partial charge < -0.3 is 5.11 Å². The van der Waals surface area contributed by atoms with Gasteiger partial charge in [0.25, 0.3) is 0 Å². The van der Waals surface area contributed by atoms with Gasteiger partial charge in [-0.1, -0.05) is 50.2 Å². The summed E-state index contributed by atoms with van der Waals surface area (Å²) in [5.41, 5.74) is 2.60. The number of hydrogen-bond donors (Lipinski definition) is 1. The molecule has 0 aliphatic carbocycles. The molecule has 0 heterocycles. The highest BCUT2D eigenvalue weighted by molar-refractivity contribution is 5.88. The molecule has 0 bridgehead atoms. The molecule has 106 valence electrons. The number of benzene rings is 2. The van der Waals surface area contributed by atoms with Crippen molar-refractivity contribution in [3.63, 3.8) is 0 Å². The zero-order valence-corrected chi connectivity index (χ0v) is 12.4. The predicted octanol–water partition coefficient (Wildman–Crippen LogP) is 4.58. The van der Waals surface area contributed by atoms with Gasteiger partial charge in [-0.15, -0.1) is 0 Å². The molecular weight excluding hydrogens is 248 g/mol. The summed E-state index contributed by atoms with van der Waals surface area (Å²) in [6, 6.07) is 12.7. The van der Waals surface area contributed by atoms with Crippen molar-refractivity contribution in [3.8, 4) is 0 Å². The molecule has 0 unspecified atom stereocenters. The molecule has 2 rings (SSSR count). The Hall–Kier alpha value is -1.83. The van der Waals surface area contributed by atoms with Gasteiger partial charge in [0.15, 0.2) is 0 Å². The summed E-state index contributed by atoms with van der Waals surface area (Å²) in [6.45, 7) is 6.43. The topological polar surface area (TPSA) is 37.3 Å². The van der Waals surface area contributed by atoms with Crippen molar-refractivity contribution in [3.05, 3.63) is 47.5 Å². The van der Waals surface area contributed by atoms with E-state index in [1.165, 1.54) is 21.9 Å². The van der Waals surface area contributed by atoms with Crippen molar-refractivity contribution in [2.45, 2.75) is 40.0 Å². The van der Waals surface area contributed by atoms with E-state index in [1.807, 2.05) is 0 Å². The molecule has 0 amide bonds. The fraction of sp³-hybridized carbons (Fsp3) is 0.389. The number of aryl methyl sites for hydroxylation is 1. The highest BCUT2D eigenvalue weighted by Gasteiger charge is 2.21. The standard InChI is InChI=1S/C18H22O2/c1-13-6-4-7-14-8-5-9-15(17(13)14)12-18(2,3)11-10-16(19)20/h4-9H,10-12H2,1-3H3,(H,19,20). The molecule has 20 heavy (non-hydrogen) atoms. The zero-order chi connectivity index (χ0) is 14.8. The van der Waals surface area contributed by atoms with E-state index >= 15 is 0 Å². The first-order valence-corrected chi connectivity index (χ1v) is 7.08. The van der Waals surface area contributed by atoms with Crippen molar-refractivity contribution in [1.82, 2.24) is 0 Å². The van der Waals surface area contributed by atoms with E-state index in [0.29, 0.717) is 6.42 Å². The van der Waals surface area contributed by atoms with Crippen LogP contribution in [0, 0.1) is 12.3 Å². The number of carboxylic acid groups (broad SMARTS) is 1. The second kappa shape index (κ2) is 5.66. The van der Waals surface area contributed by atoms with Crippen molar-refractivity contribution in [2.75, 3.05) is 0 Å². The van der Waals surface area contributed by atoms with Crippen LogP contribution in [0.5, 0.6) is 0 Å². The third kappa shape index (κ3) is 3.38. The van der Waals surface area contributed by atoms with E-state index in [-0.39, 0.29) is 11.8 Å². The van der Waals surface area contributed by atoms with Gasteiger partial charge >= 0.3 is 5.97 Å². The molecule has 0 radical (unpaired) electrons. The average molecular weight is 270 g/mol. The number of rotatable bonds is 5. The maximum Gasteiger partial charge on any atom is 0.303 e. The molecule has 0 fully saturated rings. The van der Waals surface area contributed by atoms with Crippen LogP contribution in [0.25, 0.3) is 10.8 Å². The Bertz CT molecular complexity index is 621. The van der Waals surface area contributed by atoms with E-state index in [1.54, 1.807) is 0 Å². The van der Waals surface area contributed by atoms with Gasteiger partial charge in [0.2, 0.25) is 0 Å². The predicted molar refractivity (Wildman–Crippen MR) is 83.0 cm³/mol. The Morgan fingerprint density at radius 2 is 1.80 bits per heavy atom. The van der Waals surface area contributed by atoms with Crippen LogP contribution in [0.4, 0.5) is 0 Å². The molecule has 2 heteroatoms. The summed E-state index contributed by atoms with van der Waals surface area (Å²) in [5, 5.41) is 11.4. The van der Waals surface area contributed by atoms with Crippen LogP contribution in [-0.2, 0) is 11.2 Å². The van der Waals surface area contributed by atoms with E-state index in [9.17, 15) is 4.79 Å². The fourth-order valence-electron chi connectivity index (χ4n) is 2.82. The molecule has 0 aromatic heterocycles. The lowest BCUT2D eigenvalue weighted by Crippen LogP contribution is -2.17. The minimum absolute atomic E-state index is 0.00501. The normalized spacial score (nSPS) is 11.8. The van der Waals surface area contributed by atoms with Crippen LogP contribution in [0.3, 0.4) is 0 Å². The SMILES string of the molecule is Cc1cccc2cccc(CC(C)(C)CCC(=O)O)c12. The Morgan fingerprint density at radius 1 is 1.15 bits per heavy atom. The van der Waals surface area contributed by atoms with Crippen molar-refractivity contribution in [2.24, 2.45) is 5.41 Å². The van der Waals surface area contributed by atoms with E-state index in [4.69, 9.17) is 5.11 Å². The Balaban J connectivity index is 2.32. The van der Waals surface area contributed by atoms with Crippen molar-refractivity contribution < 1.29 is 9.90 Å². The maximum atomic E-state index is 10.8. The first kappa shape index (κ1) is 14.6. The van der Waals surface area contributed by atoms with Gasteiger partial charge in [-0.2, -0.15) is 0 Å². The maximum absolute atomic E-state index is 10.8. The lowest BCUT2D eigenvalue weighted by Gasteiger charge is -2.25. The number of hydrogen-bond acceptors (Lipinski definition) is 1. The zero-order valence-electron chi connectivity index (χ0n) is 12.4.